The lowest BCUT2D eigenvalue weighted by molar-refractivity contribution is 0.563. The Hall–Kier alpha value is -1.76. The molecule has 0 bridgehead atoms. The molecule has 1 unspecified atom stereocenters. The Labute approximate surface area is 118 Å². The summed E-state index contributed by atoms with van der Waals surface area (Å²) >= 11 is 0. The highest BCUT2D eigenvalue weighted by atomic mass is 32.2. The summed E-state index contributed by atoms with van der Waals surface area (Å²) in [6.07, 6.45) is 1.63. The van der Waals surface area contributed by atoms with Crippen molar-refractivity contribution in [1.29, 1.82) is 0 Å². The van der Waals surface area contributed by atoms with Crippen LogP contribution in [0, 0.1) is 0 Å². The van der Waals surface area contributed by atoms with E-state index in [-0.39, 0.29) is 11.4 Å². The summed E-state index contributed by atoms with van der Waals surface area (Å²) < 4.78 is 27.4. The van der Waals surface area contributed by atoms with E-state index in [1.807, 2.05) is 6.07 Å². The summed E-state index contributed by atoms with van der Waals surface area (Å²) in [6, 6.07) is 11.7. The molecule has 1 heterocycles. The number of nitrogens with two attached hydrogens (primary N) is 1. The molecule has 0 spiro atoms. The second kappa shape index (κ2) is 6.13. The standard InChI is InChI=1S/C14H17N3O2S/c1-11(13-7-4-5-9-16-13)17-20(18,19)14-8-3-2-6-12(14)10-15/h2-9,11,17H,10,15H2,1H3. The van der Waals surface area contributed by atoms with Gasteiger partial charge in [-0.25, -0.2) is 13.1 Å². The van der Waals surface area contributed by atoms with E-state index in [2.05, 4.69) is 9.71 Å². The van der Waals surface area contributed by atoms with Crippen LogP contribution in [0.2, 0.25) is 0 Å². The predicted molar refractivity (Wildman–Crippen MR) is 77.3 cm³/mol. The van der Waals surface area contributed by atoms with Gasteiger partial charge in [0.1, 0.15) is 0 Å². The zero-order valence-corrected chi connectivity index (χ0v) is 12.0. The molecule has 0 fully saturated rings. The van der Waals surface area contributed by atoms with Crippen LogP contribution >= 0.6 is 0 Å². The molecule has 0 saturated heterocycles. The molecule has 106 valence electrons. The average Bonchev–Trinajstić information content (AvgIpc) is 2.47. The van der Waals surface area contributed by atoms with E-state index < -0.39 is 16.1 Å². The molecule has 1 atom stereocenters. The van der Waals surface area contributed by atoms with Gasteiger partial charge in [-0.05, 0) is 30.7 Å². The minimum atomic E-state index is -3.62. The highest BCUT2D eigenvalue weighted by Crippen LogP contribution is 2.18. The van der Waals surface area contributed by atoms with Crippen LogP contribution in [0.1, 0.15) is 24.2 Å². The molecule has 6 heteroatoms. The molecule has 2 aromatic rings. The lowest BCUT2D eigenvalue weighted by Gasteiger charge is -2.15. The van der Waals surface area contributed by atoms with Crippen molar-refractivity contribution in [1.82, 2.24) is 9.71 Å². The molecule has 3 N–H and O–H groups in total. The van der Waals surface area contributed by atoms with Crippen LogP contribution in [-0.4, -0.2) is 13.4 Å². The first-order valence-electron chi connectivity index (χ1n) is 6.26. The van der Waals surface area contributed by atoms with E-state index in [0.717, 1.165) is 0 Å². The summed E-state index contributed by atoms with van der Waals surface area (Å²) in [5, 5.41) is 0. The number of nitrogens with one attached hydrogen (secondary N) is 1. The van der Waals surface area contributed by atoms with Gasteiger partial charge in [-0.3, -0.25) is 4.98 Å². The quantitative estimate of drug-likeness (QED) is 0.876. The van der Waals surface area contributed by atoms with Gasteiger partial charge in [-0.15, -0.1) is 0 Å². The minimum Gasteiger partial charge on any atom is -0.326 e. The van der Waals surface area contributed by atoms with Gasteiger partial charge in [-0.1, -0.05) is 24.3 Å². The second-order valence-corrected chi connectivity index (χ2v) is 6.09. The third-order valence-electron chi connectivity index (χ3n) is 2.95. The first kappa shape index (κ1) is 14.6. The molecular formula is C14H17N3O2S. The maximum absolute atomic E-state index is 12.4. The lowest BCUT2D eigenvalue weighted by Crippen LogP contribution is -2.28. The zero-order valence-electron chi connectivity index (χ0n) is 11.2. The van der Waals surface area contributed by atoms with Crippen LogP contribution in [0.3, 0.4) is 0 Å². The van der Waals surface area contributed by atoms with Crippen molar-refractivity contribution in [2.45, 2.75) is 24.4 Å². The van der Waals surface area contributed by atoms with Crippen molar-refractivity contribution >= 4 is 10.0 Å². The smallest absolute Gasteiger partial charge is 0.241 e. The summed E-state index contributed by atoms with van der Waals surface area (Å²) in [5.74, 6) is 0. The lowest BCUT2D eigenvalue weighted by atomic mass is 10.2. The largest absolute Gasteiger partial charge is 0.326 e. The average molecular weight is 291 g/mol. The van der Waals surface area contributed by atoms with Gasteiger partial charge in [0.15, 0.2) is 0 Å². The molecule has 5 nitrogen and oxygen atoms in total. The fraction of sp³-hybridized carbons (Fsp3) is 0.214. The Balaban J connectivity index is 2.28. The molecule has 0 saturated carbocycles. The Morgan fingerprint density at radius 1 is 1.20 bits per heavy atom. The maximum Gasteiger partial charge on any atom is 0.241 e. The number of nitrogens with zero attached hydrogens (tertiary/aromatic N) is 1. The summed E-state index contributed by atoms with van der Waals surface area (Å²) in [6.45, 7) is 1.93. The molecule has 2 rings (SSSR count). The van der Waals surface area contributed by atoms with Gasteiger partial charge < -0.3 is 5.73 Å². The van der Waals surface area contributed by atoms with E-state index in [9.17, 15) is 8.42 Å². The van der Waals surface area contributed by atoms with E-state index in [1.54, 1.807) is 49.5 Å². The Morgan fingerprint density at radius 2 is 1.90 bits per heavy atom. The topological polar surface area (TPSA) is 85.1 Å². The van der Waals surface area contributed by atoms with E-state index in [4.69, 9.17) is 5.73 Å². The first-order chi connectivity index (χ1) is 9.54. The van der Waals surface area contributed by atoms with Gasteiger partial charge in [0.05, 0.1) is 16.6 Å². The van der Waals surface area contributed by atoms with Crippen molar-refractivity contribution in [2.24, 2.45) is 5.73 Å². The summed E-state index contributed by atoms with van der Waals surface area (Å²) in [4.78, 5) is 4.36. The fourth-order valence-corrected chi connectivity index (χ4v) is 3.39. The minimum absolute atomic E-state index is 0.176. The molecule has 0 aliphatic heterocycles. The summed E-state index contributed by atoms with van der Waals surface area (Å²) in [5.41, 5.74) is 6.84. The van der Waals surface area contributed by atoms with Gasteiger partial charge in [-0.2, -0.15) is 0 Å². The third-order valence-corrected chi connectivity index (χ3v) is 4.59. The number of hydrogen-bond acceptors (Lipinski definition) is 4. The molecule has 0 amide bonds. The number of hydrogen-bond donors (Lipinski definition) is 2. The highest BCUT2D eigenvalue weighted by Gasteiger charge is 2.21. The molecule has 20 heavy (non-hydrogen) atoms. The van der Waals surface area contributed by atoms with Gasteiger partial charge in [0.25, 0.3) is 0 Å². The maximum atomic E-state index is 12.4. The zero-order chi connectivity index (χ0) is 14.6. The Kier molecular flexibility index (Phi) is 4.49. The van der Waals surface area contributed by atoms with Crippen LogP contribution in [0.5, 0.6) is 0 Å². The molecule has 1 aromatic heterocycles. The van der Waals surface area contributed by atoms with Gasteiger partial charge in [0.2, 0.25) is 10.0 Å². The highest BCUT2D eigenvalue weighted by molar-refractivity contribution is 7.89. The number of benzene rings is 1. The SMILES string of the molecule is CC(NS(=O)(=O)c1ccccc1CN)c1ccccn1. The van der Waals surface area contributed by atoms with Crippen LogP contribution < -0.4 is 10.5 Å². The van der Waals surface area contributed by atoms with E-state index >= 15 is 0 Å². The molecule has 1 aromatic carbocycles. The third kappa shape index (κ3) is 3.22. The summed E-state index contributed by atoms with van der Waals surface area (Å²) in [7, 11) is -3.62. The van der Waals surface area contributed by atoms with Crippen LogP contribution in [0.25, 0.3) is 0 Å². The van der Waals surface area contributed by atoms with E-state index in [1.165, 1.54) is 0 Å². The number of aromatic nitrogens is 1. The predicted octanol–water partition coefficient (Wildman–Crippen LogP) is 1.58. The van der Waals surface area contributed by atoms with Crippen molar-refractivity contribution in [3.8, 4) is 0 Å². The van der Waals surface area contributed by atoms with Gasteiger partial charge >= 0.3 is 0 Å². The molecular weight excluding hydrogens is 274 g/mol. The first-order valence-corrected chi connectivity index (χ1v) is 7.74. The number of sulfonamides is 1. The molecule has 0 aliphatic carbocycles. The normalized spacial score (nSPS) is 13.1. The fourth-order valence-electron chi connectivity index (χ4n) is 1.92. The Bertz CT molecular complexity index is 672. The van der Waals surface area contributed by atoms with Crippen LogP contribution in [0.15, 0.2) is 53.6 Å². The van der Waals surface area contributed by atoms with Crippen molar-refractivity contribution in [2.75, 3.05) is 0 Å². The van der Waals surface area contributed by atoms with E-state index in [0.29, 0.717) is 11.3 Å². The van der Waals surface area contributed by atoms with Gasteiger partial charge in [0, 0.05) is 12.7 Å². The second-order valence-electron chi connectivity index (χ2n) is 4.41. The van der Waals surface area contributed by atoms with Crippen LogP contribution in [-0.2, 0) is 16.6 Å². The van der Waals surface area contributed by atoms with Crippen molar-refractivity contribution in [3.05, 3.63) is 59.9 Å². The molecule has 0 radical (unpaired) electrons. The van der Waals surface area contributed by atoms with Crippen molar-refractivity contribution in [3.63, 3.8) is 0 Å². The number of rotatable bonds is 5. The monoisotopic (exact) mass is 291 g/mol. The van der Waals surface area contributed by atoms with Crippen molar-refractivity contribution < 1.29 is 8.42 Å². The van der Waals surface area contributed by atoms with Crippen LogP contribution in [0.4, 0.5) is 0 Å². The molecule has 0 aliphatic rings. The Morgan fingerprint density at radius 3 is 2.55 bits per heavy atom. The number of pyridine rings is 1.